The Morgan fingerprint density at radius 2 is 1.96 bits per heavy atom. The van der Waals surface area contributed by atoms with Crippen molar-refractivity contribution in [2.24, 2.45) is 0 Å². The van der Waals surface area contributed by atoms with E-state index in [1.54, 1.807) is 20.3 Å². The zero-order valence-electron chi connectivity index (χ0n) is 16.6. The van der Waals surface area contributed by atoms with Gasteiger partial charge >= 0.3 is 0 Å². The molecule has 0 radical (unpaired) electrons. The molecular weight excluding hydrogens is 356 g/mol. The highest BCUT2D eigenvalue weighted by molar-refractivity contribution is 5.41. The highest BCUT2D eigenvalue weighted by Crippen LogP contribution is 2.31. The van der Waals surface area contributed by atoms with Gasteiger partial charge in [0.1, 0.15) is 11.5 Å². The molecule has 0 bridgehead atoms. The number of hydrogen-bond donors (Lipinski definition) is 1. The predicted octanol–water partition coefficient (Wildman–Crippen LogP) is 2.38. The van der Waals surface area contributed by atoms with Crippen LogP contribution in [0.2, 0.25) is 0 Å². The summed E-state index contributed by atoms with van der Waals surface area (Å²) in [7, 11) is 3.34. The second-order valence-corrected chi connectivity index (χ2v) is 7.59. The van der Waals surface area contributed by atoms with E-state index >= 15 is 0 Å². The van der Waals surface area contributed by atoms with Crippen LogP contribution in [0.25, 0.3) is 0 Å². The van der Waals surface area contributed by atoms with Crippen molar-refractivity contribution < 1.29 is 9.47 Å². The Labute approximate surface area is 165 Å². The first kappa shape index (κ1) is 18.8. The molecule has 2 aliphatic heterocycles. The Hall–Kier alpha value is -2.54. The van der Waals surface area contributed by atoms with Crippen LogP contribution in [0.1, 0.15) is 36.4 Å². The highest BCUT2D eigenvalue weighted by atomic mass is 16.5. The predicted molar refractivity (Wildman–Crippen MR) is 108 cm³/mol. The molecule has 7 heteroatoms. The number of H-pyrrole nitrogens is 1. The molecule has 3 heterocycles. The van der Waals surface area contributed by atoms with Crippen LogP contribution in [0, 0.1) is 0 Å². The van der Waals surface area contributed by atoms with Gasteiger partial charge in [0.15, 0.2) is 0 Å². The number of ether oxygens (including phenoxy) is 2. The van der Waals surface area contributed by atoms with Gasteiger partial charge in [0.25, 0.3) is 5.56 Å². The van der Waals surface area contributed by atoms with Crippen LogP contribution in [0.5, 0.6) is 11.5 Å². The lowest BCUT2D eigenvalue weighted by Gasteiger charge is -2.19. The molecule has 150 valence electrons. The fourth-order valence-corrected chi connectivity index (χ4v) is 4.19. The van der Waals surface area contributed by atoms with Gasteiger partial charge in [-0.05, 0) is 31.9 Å². The summed E-state index contributed by atoms with van der Waals surface area (Å²) in [5.74, 6) is 2.65. The number of benzene rings is 1. The van der Waals surface area contributed by atoms with Crippen molar-refractivity contribution in [2.45, 2.75) is 31.7 Å². The zero-order chi connectivity index (χ0) is 19.5. The Morgan fingerprint density at radius 1 is 1.14 bits per heavy atom. The van der Waals surface area contributed by atoms with E-state index in [-0.39, 0.29) is 11.5 Å². The minimum absolute atomic E-state index is 0.0535. The summed E-state index contributed by atoms with van der Waals surface area (Å²) in [4.78, 5) is 24.5. The van der Waals surface area contributed by atoms with Crippen molar-refractivity contribution in [1.82, 2.24) is 14.9 Å². The van der Waals surface area contributed by atoms with Crippen LogP contribution >= 0.6 is 0 Å². The largest absolute Gasteiger partial charge is 0.497 e. The molecule has 7 nitrogen and oxygen atoms in total. The quantitative estimate of drug-likeness (QED) is 0.825. The minimum atomic E-state index is -0.0535. The van der Waals surface area contributed by atoms with E-state index in [1.165, 1.54) is 0 Å². The van der Waals surface area contributed by atoms with Crippen LogP contribution in [-0.2, 0) is 6.54 Å². The summed E-state index contributed by atoms with van der Waals surface area (Å²) in [5, 5.41) is 0. The van der Waals surface area contributed by atoms with Gasteiger partial charge in [-0.1, -0.05) is 6.07 Å². The molecule has 0 saturated carbocycles. The molecule has 1 aromatic carbocycles. The van der Waals surface area contributed by atoms with E-state index in [0.717, 1.165) is 80.7 Å². The molecule has 4 rings (SSSR count). The molecule has 2 saturated heterocycles. The van der Waals surface area contributed by atoms with Crippen LogP contribution < -0.4 is 19.9 Å². The van der Waals surface area contributed by atoms with E-state index in [4.69, 9.17) is 14.5 Å². The number of rotatable bonds is 6. The SMILES string of the molecule is COc1ccc(CN2CCC(c3cc(=O)[nH]c(N4CCCC4)n3)C2)c(OC)c1. The van der Waals surface area contributed by atoms with E-state index in [1.807, 2.05) is 12.1 Å². The second-order valence-electron chi connectivity index (χ2n) is 7.59. The van der Waals surface area contributed by atoms with E-state index in [9.17, 15) is 4.79 Å². The Balaban J connectivity index is 1.47. The first-order valence-electron chi connectivity index (χ1n) is 9.95. The number of nitrogens with zero attached hydrogens (tertiary/aromatic N) is 3. The van der Waals surface area contributed by atoms with Crippen LogP contribution in [0.3, 0.4) is 0 Å². The summed E-state index contributed by atoms with van der Waals surface area (Å²) in [6.07, 6.45) is 3.33. The number of aromatic nitrogens is 2. The van der Waals surface area contributed by atoms with Gasteiger partial charge in [-0.2, -0.15) is 0 Å². The van der Waals surface area contributed by atoms with Gasteiger partial charge < -0.3 is 14.4 Å². The molecule has 2 aliphatic rings. The third-order valence-electron chi connectivity index (χ3n) is 5.73. The van der Waals surface area contributed by atoms with Crippen molar-refractivity contribution in [3.05, 3.63) is 45.9 Å². The average Bonchev–Trinajstić information content (AvgIpc) is 3.40. The van der Waals surface area contributed by atoms with Crippen molar-refractivity contribution in [1.29, 1.82) is 0 Å². The molecule has 0 amide bonds. The molecule has 1 N–H and O–H groups in total. The molecule has 1 unspecified atom stereocenters. The molecule has 1 atom stereocenters. The lowest BCUT2D eigenvalue weighted by molar-refractivity contribution is 0.315. The van der Waals surface area contributed by atoms with Crippen molar-refractivity contribution in [2.75, 3.05) is 45.3 Å². The first-order valence-corrected chi connectivity index (χ1v) is 9.95. The van der Waals surface area contributed by atoms with Gasteiger partial charge in [0.05, 0.1) is 19.9 Å². The molecular formula is C21H28N4O3. The second kappa shape index (κ2) is 8.22. The number of likely N-dealkylation sites (tertiary alicyclic amines) is 1. The molecule has 0 aliphatic carbocycles. The summed E-state index contributed by atoms with van der Waals surface area (Å²) in [5.41, 5.74) is 2.00. The first-order chi connectivity index (χ1) is 13.7. The minimum Gasteiger partial charge on any atom is -0.497 e. The normalized spacial score (nSPS) is 19.9. The molecule has 1 aromatic heterocycles. The van der Waals surface area contributed by atoms with Crippen molar-refractivity contribution >= 4 is 5.95 Å². The summed E-state index contributed by atoms with van der Waals surface area (Å²) < 4.78 is 10.8. The smallest absolute Gasteiger partial charge is 0.252 e. The lowest BCUT2D eigenvalue weighted by atomic mass is 10.0. The third kappa shape index (κ3) is 3.99. The summed E-state index contributed by atoms with van der Waals surface area (Å²) in [6, 6.07) is 7.61. The monoisotopic (exact) mass is 384 g/mol. The number of aromatic amines is 1. The molecule has 28 heavy (non-hydrogen) atoms. The topological polar surface area (TPSA) is 70.7 Å². The lowest BCUT2D eigenvalue weighted by Crippen LogP contribution is -2.25. The number of methoxy groups -OCH3 is 2. The maximum absolute atomic E-state index is 12.2. The zero-order valence-corrected chi connectivity index (χ0v) is 16.6. The third-order valence-corrected chi connectivity index (χ3v) is 5.73. The Morgan fingerprint density at radius 3 is 2.71 bits per heavy atom. The van der Waals surface area contributed by atoms with Crippen molar-refractivity contribution in [3.63, 3.8) is 0 Å². The van der Waals surface area contributed by atoms with Crippen LogP contribution in [0.15, 0.2) is 29.1 Å². The summed E-state index contributed by atoms with van der Waals surface area (Å²) in [6.45, 7) is 4.63. The fraction of sp³-hybridized carbons (Fsp3) is 0.524. The summed E-state index contributed by atoms with van der Waals surface area (Å²) >= 11 is 0. The Kier molecular flexibility index (Phi) is 5.52. The van der Waals surface area contributed by atoms with Crippen LogP contribution in [0.4, 0.5) is 5.95 Å². The van der Waals surface area contributed by atoms with E-state index < -0.39 is 0 Å². The van der Waals surface area contributed by atoms with Gasteiger partial charge in [0.2, 0.25) is 5.95 Å². The molecule has 2 aromatic rings. The van der Waals surface area contributed by atoms with Gasteiger partial charge in [-0.15, -0.1) is 0 Å². The fourth-order valence-electron chi connectivity index (χ4n) is 4.19. The average molecular weight is 384 g/mol. The number of anilines is 1. The van der Waals surface area contributed by atoms with E-state index in [0.29, 0.717) is 0 Å². The van der Waals surface area contributed by atoms with Gasteiger partial charge in [-0.25, -0.2) is 4.98 Å². The highest BCUT2D eigenvalue weighted by Gasteiger charge is 2.27. The van der Waals surface area contributed by atoms with Crippen molar-refractivity contribution in [3.8, 4) is 11.5 Å². The maximum atomic E-state index is 12.2. The Bertz CT molecular complexity index is 876. The van der Waals surface area contributed by atoms with Crippen LogP contribution in [-0.4, -0.2) is 55.3 Å². The van der Waals surface area contributed by atoms with E-state index in [2.05, 4.69) is 20.9 Å². The van der Waals surface area contributed by atoms with Gasteiger partial charge in [0, 0.05) is 49.8 Å². The van der Waals surface area contributed by atoms with Gasteiger partial charge in [-0.3, -0.25) is 14.7 Å². The molecule has 2 fully saturated rings. The molecule has 0 spiro atoms. The number of nitrogens with one attached hydrogen (secondary N) is 1. The standard InChI is InChI=1S/C21H28N4O3/c1-27-17-6-5-16(19(11-17)28-2)14-24-10-7-15(13-24)18-12-20(26)23-21(22-18)25-8-3-4-9-25/h5-6,11-12,15H,3-4,7-10,13-14H2,1-2H3,(H,22,23,26). The number of hydrogen-bond acceptors (Lipinski definition) is 6. The maximum Gasteiger partial charge on any atom is 0.252 e.